The number of nitrogens with one attached hydrogen (secondary N) is 2. The molecule has 232 valence electrons. The van der Waals surface area contributed by atoms with Crippen molar-refractivity contribution in [3.63, 3.8) is 0 Å². The predicted octanol–water partition coefficient (Wildman–Crippen LogP) is 7.17. The van der Waals surface area contributed by atoms with E-state index in [1.807, 2.05) is 36.4 Å². The highest BCUT2D eigenvalue weighted by molar-refractivity contribution is 7.86. The molecule has 12 nitrogen and oxygen atoms in total. The summed E-state index contributed by atoms with van der Waals surface area (Å²) in [6.45, 7) is 0. The van der Waals surface area contributed by atoms with E-state index in [0.717, 1.165) is 11.1 Å². The summed E-state index contributed by atoms with van der Waals surface area (Å²) in [5.74, 6) is 0. The number of azo groups is 1. The highest BCUT2D eigenvalue weighted by Gasteiger charge is 2.19. The number of benzene rings is 6. The van der Waals surface area contributed by atoms with Crippen LogP contribution < -0.4 is 22.3 Å². The lowest BCUT2D eigenvalue weighted by Crippen LogP contribution is -2.12. The number of nitrogen functional groups attached to an aromatic ring is 2. The lowest BCUT2D eigenvalue weighted by atomic mass is 10.1. The fraction of sp³-hybridized carbons (Fsp3) is 0. The van der Waals surface area contributed by atoms with Crippen molar-refractivity contribution in [1.82, 2.24) is 0 Å². The Balaban J connectivity index is 1.18. The van der Waals surface area contributed by atoms with Crippen molar-refractivity contribution in [1.29, 1.82) is 0 Å². The van der Waals surface area contributed by atoms with Crippen LogP contribution in [0.25, 0.3) is 32.7 Å². The second-order valence-electron chi connectivity index (χ2n) is 10.3. The van der Waals surface area contributed by atoms with Crippen molar-refractivity contribution in [3.8, 4) is 11.1 Å². The van der Waals surface area contributed by atoms with Crippen LogP contribution in [0.1, 0.15) is 0 Å². The number of fused-ring (bicyclic) bond motifs is 2. The van der Waals surface area contributed by atoms with Gasteiger partial charge in [-0.25, -0.2) is 0 Å². The van der Waals surface area contributed by atoms with Gasteiger partial charge in [-0.15, -0.1) is 5.11 Å². The maximum absolute atomic E-state index is 12.0. The zero-order valence-electron chi connectivity index (χ0n) is 23.8. The van der Waals surface area contributed by atoms with Crippen LogP contribution >= 0.6 is 0 Å². The fourth-order valence-corrected chi connectivity index (χ4v) is 6.48. The topological polar surface area (TPSA) is 210 Å². The van der Waals surface area contributed by atoms with Crippen LogP contribution in [0.4, 0.5) is 34.1 Å². The lowest BCUT2D eigenvalue weighted by Gasteiger charge is -2.16. The van der Waals surface area contributed by atoms with E-state index in [4.69, 9.17) is 11.5 Å². The lowest BCUT2D eigenvalue weighted by molar-refractivity contribution is 0.482. The molecule has 0 aromatic heterocycles. The molecule has 0 heterocycles. The molecular formula is C32H26N6O6S2. The molecule has 0 bridgehead atoms. The number of nitrogens with two attached hydrogens (primary N) is 2. The van der Waals surface area contributed by atoms with E-state index >= 15 is 0 Å². The van der Waals surface area contributed by atoms with E-state index in [-0.39, 0.29) is 32.2 Å². The number of hydrogen-bond acceptors (Lipinski definition) is 10. The van der Waals surface area contributed by atoms with Gasteiger partial charge in [-0.05, 0) is 47.5 Å². The van der Waals surface area contributed by atoms with E-state index < -0.39 is 20.2 Å². The molecule has 14 heteroatoms. The molecule has 0 saturated heterocycles. The summed E-state index contributed by atoms with van der Waals surface area (Å²) in [5, 5.41) is 9.86. The molecule has 0 atom stereocenters. The van der Waals surface area contributed by atoms with E-state index in [1.54, 1.807) is 60.7 Å². The van der Waals surface area contributed by atoms with Crippen LogP contribution in [-0.2, 0) is 20.2 Å². The number of hydrogen-bond donors (Lipinski definition) is 6. The largest absolute Gasteiger partial charge is 0.396 e. The van der Waals surface area contributed by atoms with Gasteiger partial charge in [0.05, 0.1) is 28.4 Å². The summed E-state index contributed by atoms with van der Waals surface area (Å²) in [6.07, 6.45) is 0. The Bertz CT molecular complexity index is 2380. The molecule has 6 aromatic carbocycles. The predicted molar refractivity (Wildman–Crippen MR) is 180 cm³/mol. The third kappa shape index (κ3) is 6.05. The van der Waals surface area contributed by atoms with Gasteiger partial charge in [0.25, 0.3) is 20.2 Å². The second-order valence-corrected chi connectivity index (χ2v) is 13.0. The van der Waals surface area contributed by atoms with Crippen molar-refractivity contribution in [2.24, 2.45) is 10.2 Å². The van der Waals surface area contributed by atoms with Gasteiger partial charge in [-0.2, -0.15) is 21.9 Å². The molecule has 6 rings (SSSR count). The van der Waals surface area contributed by atoms with E-state index in [2.05, 4.69) is 21.1 Å². The van der Waals surface area contributed by atoms with Gasteiger partial charge in [0.2, 0.25) is 0 Å². The normalized spacial score (nSPS) is 12.1. The van der Waals surface area contributed by atoms with Gasteiger partial charge in [0.1, 0.15) is 15.5 Å². The molecule has 8 N–H and O–H groups in total. The summed E-state index contributed by atoms with van der Waals surface area (Å²) in [4.78, 5) is -0.568. The number of rotatable bonds is 8. The minimum absolute atomic E-state index is 0.103. The van der Waals surface area contributed by atoms with Crippen LogP contribution in [0.2, 0.25) is 0 Å². The van der Waals surface area contributed by atoms with Gasteiger partial charge < -0.3 is 16.9 Å². The molecular weight excluding hydrogens is 629 g/mol. The van der Waals surface area contributed by atoms with Gasteiger partial charge in [-0.3, -0.25) is 14.5 Å². The van der Waals surface area contributed by atoms with Crippen LogP contribution in [0.15, 0.2) is 129 Å². The number of anilines is 4. The Kier molecular flexibility index (Phi) is 7.79. The first-order valence-corrected chi connectivity index (χ1v) is 16.5. The Labute approximate surface area is 263 Å². The highest BCUT2D eigenvalue weighted by Crippen LogP contribution is 2.37. The first-order chi connectivity index (χ1) is 21.9. The summed E-state index contributed by atoms with van der Waals surface area (Å²) in [6, 6.07) is 30.2. The minimum atomic E-state index is -4.53. The molecule has 0 aliphatic rings. The summed E-state index contributed by atoms with van der Waals surface area (Å²) < 4.78 is 67.4. The van der Waals surface area contributed by atoms with Gasteiger partial charge >= 0.3 is 0 Å². The quantitative estimate of drug-likeness (QED) is 0.0421. The molecule has 0 amide bonds. The molecule has 0 aliphatic carbocycles. The van der Waals surface area contributed by atoms with E-state index in [0.29, 0.717) is 33.2 Å². The Morgan fingerprint density at radius 1 is 0.543 bits per heavy atom. The SMILES string of the molecule is Nc1c(N=Nc2ccc(-c3ccc(NNc4cc(S(=O)(=O)O)c5ccccc5c4N)cc3)cc2)cc(S(=O)(=O)O)c2ccccc12. The van der Waals surface area contributed by atoms with Crippen molar-refractivity contribution in [3.05, 3.63) is 109 Å². The van der Waals surface area contributed by atoms with Crippen molar-refractivity contribution < 1.29 is 25.9 Å². The fourth-order valence-electron chi connectivity index (χ4n) is 5.05. The standard InChI is InChI=1S/C32H26N6O6S2/c33-31-25-7-3-1-5-23(25)29(45(39,40)41)17-27(31)37-35-21-13-9-19(10-14-21)20-11-15-22(16-12-20)36-38-28-18-30(46(42,43)44)24-6-2-4-8-26(24)32(28)34/h1-18,35,37H,33-34H2,(H,39,40,41)(H,42,43,44). The Morgan fingerprint density at radius 2 is 1.02 bits per heavy atom. The molecule has 0 aliphatic heterocycles. The third-order valence-corrected chi connectivity index (χ3v) is 9.12. The van der Waals surface area contributed by atoms with Crippen molar-refractivity contribution >= 4 is 75.9 Å². The maximum Gasteiger partial charge on any atom is 0.295 e. The number of hydrazine groups is 1. The average Bonchev–Trinajstić information content (AvgIpc) is 3.04. The van der Waals surface area contributed by atoms with Gasteiger partial charge in [0.15, 0.2) is 0 Å². The molecule has 0 fully saturated rings. The van der Waals surface area contributed by atoms with Crippen molar-refractivity contribution in [2.75, 3.05) is 22.3 Å². The average molecular weight is 655 g/mol. The zero-order valence-corrected chi connectivity index (χ0v) is 25.4. The zero-order chi connectivity index (χ0) is 32.6. The molecule has 6 aromatic rings. The van der Waals surface area contributed by atoms with E-state index in [9.17, 15) is 25.9 Å². The minimum Gasteiger partial charge on any atom is -0.396 e. The Hall–Kier alpha value is -5.54. The molecule has 0 unspecified atom stereocenters. The maximum atomic E-state index is 12.0. The third-order valence-electron chi connectivity index (χ3n) is 7.33. The van der Waals surface area contributed by atoms with Gasteiger partial charge in [0, 0.05) is 21.5 Å². The van der Waals surface area contributed by atoms with Crippen LogP contribution in [-0.4, -0.2) is 25.9 Å². The summed E-state index contributed by atoms with van der Waals surface area (Å²) >= 11 is 0. The monoisotopic (exact) mass is 654 g/mol. The van der Waals surface area contributed by atoms with Gasteiger partial charge in [-0.1, -0.05) is 72.8 Å². The number of nitrogens with zero attached hydrogens (tertiary/aromatic N) is 2. The first-order valence-electron chi connectivity index (χ1n) is 13.6. The van der Waals surface area contributed by atoms with E-state index in [1.165, 1.54) is 12.1 Å². The molecule has 46 heavy (non-hydrogen) atoms. The van der Waals surface area contributed by atoms with Crippen molar-refractivity contribution in [2.45, 2.75) is 9.79 Å². The molecule has 0 radical (unpaired) electrons. The summed E-state index contributed by atoms with van der Waals surface area (Å²) in [7, 11) is -9.03. The summed E-state index contributed by atoms with van der Waals surface area (Å²) in [5.41, 5.74) is 22.3. The molecule has 0 spiro atoms. The van der Waals surface area contributed by atoms with Crippen LogP contribution in [0.3, 0.4) is 0 Å². The second kappa shape index (κ2) is 11.8. The highest BCUT2D eigenvalue weighted by atomic mass is 32.2. The van der Waals surface area contributed by atoms with Crippen LogP contribution in [0, 0.1) is 0 Å². The molecule has 0 saturated carbocycles. The van der Waals surface area contributed by atoms with Crippen LogP contribution in [0.5, 0.6) is 0 Å². The smallest absolute Gasteiger partial charge is 0.295 e. The first kappa shape index (κ1) is 30.5. The Morgan fingerprint density at radius 3 is 1.57 bits per heavy atom.